The molecule has 4 nitrogen and oxygen atoms in total. The van der Waals surface area contributed by atoms with Gasteiger partial charge in [-0.05, 0) is 38.3 Å². The van der Waals surface area contributed by atoms with Crippen LogP contribution in [0.25, 0.3) is 0 Å². The first-order chi connectivity index (χ1) is 9.93. The van der Waals surface area contributed by atoms with Gasteiger partial charge < -0.3 is 14.7 Å². The normalized spacial score (nSPS) is 19.7. The van der Waals surface area contributed by atoms with Crippen LogP contribution in [0, 0.1) is 0 Å². The average molecular weight is 332 g/mol. The van der Waals surface area contributed by atoms with Gasteiger partial charge in [0.15, 0.2) is 5.75 Å². The van der Waals surface area contributed by atoms with Crippen molar-refractivity contribution in [3.8, 4) is 5.75 Å². The molecule has 2 atom stereocenters. The number of nitrogens with zero attached hydrogens (tertiary/aromatic N) is 1. The number of carbonyl (C=O) groups excluding carboxylic acids is 1. The Kier molecular flexibility index (Phi) is 5.36. The van der Waals surface area contributed by atoms with E-state index in [1.54, 1.807) is 24.0 Å². The first kappa shape index (κ1) is 16.4. The van der Waals surface area contributed by atoms with E-state index >= 15 is 0 Å². The number of rotatable bonds is 4. The Hall–Kier alpha value is -0.970. The first-order valence-electron chi connectivity index (χ1n) is 6.96. The van der Waals surface area contributed by atoms with E-state index in [4.69, 9.17) is 27.9 Å². The lowest BCUT2D eigenvalue weighted by Crippen LogP contribution is -2.37. The molecule has 0 bridgehead atoms. The molecular formula is C15H19Cl2NO3. The number of benzene rings is 1. The molecule has 0 saturated carbocycles. The lowest BCUT2D eigenvalue weighted by atomic mass is 10.1. The maximum absolute atomic E-state index is 12.6. The average Bonchev–Trinajstić information content (AvgIpc) is 2.84. The molecule has 116 valence electrons. The minimum atomic E-state index is -0.425. The predicted molar refractivity (Wildman–Crippen MR) is 83.4 cm³/mol. The molecule has 1 aromatic carbocycles. The molecular weight excluding hydrogens is 313 g/mol. The van der Waals surface area contributed by atoms with Crippen molar-refractivity contribution in [3.63, 3.8) is 0 Å². The molecule has 0 spiro atoms. The summed E-state index contributed by atoms with van der Waals surface area (Å²) in [5.74, 6) is 0.265. The third kappa shape index (κ3) is 3.62. The number of ether oxygens (including phenoxy) is 1. The zero-order chi connectivity index (χ0) is 15.6. The van der Waals surface area contributed by atoms with Crippen LogP contribution in [0.4, 0.5) is 0 Å². The second-order valence-electron chi connectivity index (χ2n) is 5.35. The molecule has 1 N–H and O–H groups in total. The first-order valence-corrected chi connectivity index (χ1v) is 7.71. The Bertz CT molecular complexity index is 511. The topological polar surface area (TPSA) is 49.8 Å². The molecule has 0 aliphatic carbocycles. The van der Waals surface area contributed by atoms with Gasteiger partial charge in [0.05, 0.1) is 23.3 Å². The van der Waals surface area contributed by atoms with Gasteiger partial charge >= 0.3 is 0 Å². The van der Waals surface area contributed by atoms with E-state index in [0.29, 0.717) is 34.3 Å². The number of hydrogen-bond acceptors (Lipinski definition) is 3. The molecule has 21 heavy (non-hydrogen) atoms. The van der Waals surface area contributed by atoms with Crippen LogP contribution in [0.15, 0.2) is 12.1 Å². The third-order valence-electron chi connectivity index (χ3n) is 3.70. The summed E-state index contributed by atoms with van der Waals surface area (Å²) in [6.45, 7) is 2.43. The van der Waals surface area contributed by atoms with Gasteiger partial charge in [0.2, 0.25) is 0 Å². The van der Waals surface area contributed by atoms with Crippen molar-refractivity contribution >= 4 is 29.1 Å². The highest BCUT2D eigenvalue weighted by atomic mass is 35.5. The highest BCUT2D eigenvalue weighted by Crippen LogP contribution is 2.35. The Morgan fingerprint density at radius 2 is 2.10 bits per heavy atom. The molecule has 1 heterocycles. The summed E-state index contributed by atoms with van der Waals surface area (Å²) in [6, 6.07) is 3.22. The second kappa shape index (κ2) is 6.86. The van der Waals surface area contributed by atoms with Crippen molar-refractivity contribution in [1.29, 1.82) is 0 Å². The Balaban J connectivity index is 2.23. The van der Waals surface area contributed by atoms with Crippen LogP contribution in [-0.4, -0.2) is 41.7 Å². The summed E-state index contributed by atoms with van der Waals surface area (Å²) >= 11 is 12.2. The maximum Gasteiger partial charge on any atom is 0.254 e. The number of methoxy groups -OCH3 is 1. The lowest BCUT2D eigenvalue weighted by molar-refractivity contribution is 0.0682. The van der Waals surface area contributed by atoms with Gasteiger partial charge in [-0.3, -0.25) is 4.79 Å². The number of aliphatic hydroxyl groups excluding tert-OH is 1. The fourth-order valence-electron chi connectivity index (χ4n) is 2.79. The molecule has 2 rings (SSSR count). The molecule has 1 aliphatic rings. The molecule has 6 heteroatoms. The van der Waals surface area contributed by atoms with E-state index in [-0.39, 0.29) is 11.9 Å². The maximum atomic E-state index is 12.6. The molecule has 0 radical (unpaired) electrons. The molecule has 1 fully saturated rings. The van der Waals surface area contributed by atoms with Gasteiger partial charge in [-0.1, -0.05) is 23.2 Å². The number of carbonyl (C=O) groups is 1. The molecule has 0 aromatic heterocycles. The monoisotopic (exact) mass is 331 g/mol. The fourth-order valence-corrected chi connectivity index (χ4v) is 3.43. The SMILES string of the molecule is COc1c(Cl)cc(C(=O)N2CCCC2CC(C)O)cc1Cl. The number of likely N-dealkylation sites (tertiary alicyclic amines) is 1. The number of aliphatic hydroxyl groups is 1. The van der Waals surface area contributed by atoms with Crippen LogP contribution in [0.3, 0.4) is 0 Å². The van der Waals surface area contributed by atoms with E-state index in [9.17, 15) is 9.90 Å². The predicted octanol–water partition coefficient (Wildman–Crippen LogP) is 3.38. The standard InChI is InChI=1S/C15H19Cl2NO3/c1-9(19)6-11-4-3-5-18(11)15(20)10-7-12(16)14(21-2)13(17)8-10/h7-9,11,19H,3-6H2,1-2H3. The smallest absolute Gasteiger partial charge is 0.254 e. The van der Waals surface area contributed by atoms with Crippen LogP contribution >= 0.6 is 23.2 Å². The summed E-state index contributed by atoms with van der Waals surface area (Å²) in [5.41, 5.74) is 0.447. The van der Waals surface area contributed by atoms with E-state index in [0.717, 1.165) is 12.8 Å². The number of halogens is 2. The van der Waals surface area contributed by atoms with Crippen molar-refractivity contribution in [3.05, 3.63) is 27.7 Å². The van der Waals surface area contributed by atoms with Gasteiger partial charge in [-0.25, -0.2) is 0 Å². The summed E-state index contributed by atoms with van der Waals surface area (Å²) < 4.78 is 5.09. The Morgan fingerprint density at radius 1 is 1.48 bits per heavy atom. The summed E-state index contributed by atoms with van der Waals surface area (Å²) in [6.07, 6.45) is 2.02. The van der Waals surface area contributed by atoms with Crippen molar-refractivity contribution in [2.75, 3.05) is 13.7 Å². The molecule has 1 aromatic rings. The van der Waals surface area contributed by atoms with Crippen LogP contribution in [-0.2, 0) is 0 Å². The largest absolute Gasteiger partial charge is 0.494 e. The summed E-state index contributed by atoms with van der Waals surface area (Å²) in [7, 11) is 1.48. The van der Waals surface area contributed by atoms with Crippen molar-refractivity contribution in [2.24, 2.45) is 0 Å². The van der Waals surface area contributed by atoms with Gasteiger partial charge in [0.25, 0.3) is 5.91 Å². The molecule has 2 unspecified atom stereocenters. The van der Waals surface area contributed by atoms with Crippen molar-refractivity contribution < 1.29 is 14.6 Å². The number of amides is 1. The van der Waals surface area contributed by atoms with Gasteiger partial charge in [0.1, 0.15) is 0 Å². The zero-order valence-corrected chi connectivity index (χ0v) is 13.6. The van der Waals surface area contributed by atoms with E-state index in [1.807, 2.05) is 0 Å². The van der Waals surface area contributed by atoms with E-state index < -0.39 is 6.10 Å². The molecule has 1 saturated heterocycles. The Labute approximate surface area is 134 Å². The van der Waals surface area contributed by atoms with Crippen LogP contribution in [0.2, 0.25) is 10.0 Å². The highest BCUT2D eigenvalue weighted by molar-refractivity contribution is 6.37. The van der Waals surface area contributed by atoms with Gasteiger partial charge in [-0.2, -0.15) is 0 Å². The van der Waals surface area contributed by atoms with Crippen LogP contribution < -0.4 is 4.74 Å². The third-order valence-corrected chi connectivity index (χ3v) is 4.26. The number of hydrogen-bond donors (Lipinski definition) is 1. The summed E-state index contributed by atoms with van der Waals surface area (Å²) in [5, 5.41) is 10.2. The van der Waals surface area contributed by atoms with Crippen LogP contribution in [0.5, 0.6) is 5.75 Å². The van der Waals surface area contributed by atoms with Crippen molar-refractivity contribution in [1.82, 2.24) is 4.90 Å². The van der Waals surface area contributed by atoms with Gasteiger partial charge in [0, 0.05) is 18.2 Å². The zero-order valence-electron chi connectivity index (χ0n) is 12.1. The van der Waals surface area contributed by atoms with E-state index in [2.05, 4.69) is 0 Å². The lowest BCUT2D eigenvalue weighted by Gasteiger charge is -2.26. The minimum absolute atomic E-state index is 0.0668. The highest BCUT2D eigenvalue weighted by Gasteiger charge is 2.30. The second-order valence-corrected chi connectivity index (χ2v) is 6.17. The van der Waals surface area contributed by atoms with Crippen LogP contribution in [0.1, 0.15) is 36.5 Å². The Morgan fingerprint density at radius 3 is 2.62 bits per heavy atom. The quantitative estimate of drug-likeness (QED) is 0.920. The van der Waals surface area contributed by atoms with E-state index in [1.165, 1.54) is 7.11 Å². The molecule has 1 aliphatic heterocycles. The molecule has 1 amide bonds. The fraction of sp³-hybridized carbons (Fsp3) is 0.533. The van der Waals surface area contributed by atoms with Gasteiger partial charge in [-0.15, -0.1) is 0 Å². The van der Waals surface area contributed by atoms with Crippen molar-refractivity contribution in [2.45, 2.75) is 38.3 Å². The summed E-state index contributed by atoms with van der Waals surface area (Å²) in [4.78, 5) is 14.4. The minimum Gasteiger partial charge on any atom is -0.494 e.